The van der Waals surface area contributed by atoms with Crippen molar-refractivity contribution in [3.05, 3.63) is 101 Å². The maximum absolute atomic E-state index is 13.2. The molecule has 0 aliphatic heterocycles. The molecule has 9 heteroatoms. The Balaban J connectivity index is 1.49. The van der Waals surface area contributed by atoms with Crippen LogP contribution in [0, 0.1) is 0 Å². The zero-order valence-electron chi connectivity index (χ0n) is 27.0. The molecule has 0 heterocycles. The van der Waals surface area contributed by atoms with Gasteiger partial charge < -0.3 is 23.5 Å². The zero-order chi connectivity index (χ0) is 32.0. The minimum absolute atomic E-state index is 0.0493. The monoisotopic (exact) mass is 635 g/mol. The highest BCUT2D eigenvalue weighted by molar-refractivity contribution is 7.57. The number of fused-ring (bicyclic) bond motifs is 3. The van der Waals surface area contributed by atoms with E-state index in [1.807, 2.05) is 48.5 Å². The average Bonchev–Trinajstić information content (AvgIpc) is 3.29. The van der Waals surface area contributed by atoms with E-state index in [-0.39, 0.29) is 30.8 Å². The van der Waals surface area contributed by atoms with Gasteiger partial charge >= 0.3 is 13.7 Å². The van der Waals surface area contributed by atoms with Crippen LogP contribution in [0.25, 0.3) is 11.1 Å². The van der Waals surface area contributed by atoms with Crippen molar-refractivity contribution in [3.8, 4) is 16.9 Å². The first-order chi connectivity index (χ1) is 20.9. The molecular formula is C35H46NO6PSi. The fourth-order valence-electron chi connectivity index (χ4n) is 5.05. The smallest absolute Gasteiger partial charge is 0.407 e. The third kappa shape index (κ3) is 8.30. The van der Waals surface area contributed by atoms with E-state index in [0.717, 1.165) is 22.4 Å². The van der Waals surface area contributed by atoms with Gasteiger partial charge in [-0.1, -0.05) is 87.5 Å². The largest absolute Gasteiger partial charge is 0.544 e. The van der Waals surface area contributed by atoms with Crippen molar-refractivity contribution < 1.29 is 27.6 Å². The Bertz CT molecular complexity index is 1440. The van der Waals surface area contributed by atoms with Crippen LogP contribution in [-0.4, -0.2) is 40.3 Å². The second kappa shape index (κ2) is 14.3. The molecule has 4 rings (SSSR count). The van der Waals surface area contributed by atoms with Crippen molar-refractivity contribution >= 4 is 22.0 Å². The fourth-order valence-corrected chi connectivity index (χ4v) is 7.46. The maximum Gasteiger partial charge on any atom is 0.407 e. The predicted molar refractivity (Wildman–Crippen MR) is 180 cm³/mol. The second-order valence-electron chi connectivity index (χ2n) is 12.5. The van der Waals surface area contributed by atoms with Crippen LogP contribution in [-0.2, 0) is 24.8 Å². The van der Waals surface area contributed by atoms with Crippen molar-refractivity contribution in [2.45, 2.75) is 71.1 Å². The van der Waals surface area contributed by atoms with Crippen molar-refractivity contribution in [1.29, 1.82) is 0 Å². The summed E-state index contributed by atoms with van der Waals surface area (Å²) in [6, 6.07) is 23.9. The summed E-state index contributed by atoms with van der Waals surface area (Å²) in [5.74, 6) is 2.21. The number of hydrogen-bond acceptors (Lipinski definition) is 6. The molecule has 3 aromatic rings. The van der Waals surface area contributed by atoms with Gasteiger partial charge in [0.25, 0.3) is 0 Å². The lowest BCUT2D eigenvalue weighted by atomic mass is 9.98. The van der Waals surface area contributed by atoms with Crippen LogP contribution in [0.1, 0.15) is 57.2 Å². The number of amides is 1. The van der Waals surface area contributed by atoms with Crippen molar-refractivity contribution in [3.63, 3.8) is 0 Å². The van der Waals surface area contributed by atoms with Crippen LogP contribution < -0.4 is 9.74 Å². The Morgan fingerprint density at radius 3 is 1.98 bits per heavy atom. The number of carbonyl (C=O) groups excluding carboxylic acids is 1. The van der Waals surface area contributed by atoms with Gasteiger partial charge in [0, 0.05) is 11.7 Å². The zero-order valence-corrected chi connectivity index (χ0v) is 28.9. The fraction of sp³-hybridized carbons (Fsp3) is 0.400. The summed E-state index contributed by atoms with van der Waals surface area (Å²) in [5, 5.41) is 3.05. The third-order valence-electron chi connectivity index (χ3n) is 8.32. The van der Waals surface area contributed by atoms with Crippen LogP contribution in [0.2, 0.25) is 18.1 Å². The van der Waals surface area contributed by atoms with E-state index >= 15 is 0 Å². The molecule has 0 radical (unpaired) electrons. The SMILES string of the molecule is CCOP(=O)(/C=C/C(Cc1ccc(O[Si](C)(C)C(C)(C)C)cc1)NC(=O)OCC1c2ccccc2-c2ccccc21)OCC. The Morgan fingerprint density at radius 2 is 1.45 bits per heavy atom. The summed E-state index contributed by atoms with van der Waals surface area (Å²) >= 11 is 0. The number of hydrogen-bond donors (Lipinski definition) is 1. The molecule has 0 aromatic heterocycles. The number of benzene rings is 3. The maximum atomic E-state index is 13.2. The number of rotatable bonds is 13. The van der Waals surface area contributed by atoms with Crippen LogP contribution in [0.3, 0.4) is 0 Å². The highest BCUT2D eigenvalue weighted by Crippen LogP contribution is 2.49. The molecule has 236 valence electrons. The lowest BCUT2D eigenvalue weighted by molar-refractivity contribution is 0.140. The van der Waals surface area contributed by atoms with Crippen LogP contribution in [0.15, 0.2) is 84.7 Å². The van der Waals surface area contributed by atoms with Gasteiger partial charge in [-0.2, -0.15) is 0 Å². The first kappa shape index (κ1) is 33.7. The normalized spacial score (nSPS) is 14.2. The van der Waals surface area contributed by atoms with Crippen LogP contribution >= 0.6 is 7.60 Å². The molecule has 1 N–H and O–H groups in total. The molecule has 3 aromatic carbocycles. The number of carbonyl (C=O) groups is 1. The second-order valence-corrected chi connectivity index (χ2v) is 19.1. The molecule has 1 amide bonds. The Hall–Kier alpha value is -3.16. The van der Waals surface area contributed by atoms with E-state index in [9.17, 15) is 9.36 Å². The molecule has 0 bridgehead atoms. The molecule has 0 saturated heterocycles. The van der Waals surface area contributed by atoms with Crippen LogP contribution in [0.5, 0.6) is 5.75 Å². The summed E-state index contributed by atoms with van der Waals surface area (Å²) < 4.78 is 36.3. The first-order valence-electron chi connectivity index (χ1n) is 15.3. The van der Waals surface area contributed by atoms with E-state index in [0.29, 0.717) is 6.42 Å². The Morgan fingerprint density at radius 1 is 0.909 bits per heavy atom. The van der Waals surface area contributed by atoms with Gasteiger partial charge in [-0.25, -0.2) is 4.79 Å². The van der Waals surface area contributed by atoms with E-state index in [4.69, 9.17) is 18.2 Å². The quantitative estimate of drug-likeness (QED) is 0.149. The molecule has 44 heavy (non-hydrogen) atoms. The van der Waals surface area contributed by atoms with Crippen molar-refractivity contribution in [2.75, 3.05) is 19.8 Å². The van der Waals surface area contributed by atoms with E-state index < -0.39 is 28.0 Å². The van der Waals surface area contributed by atoms with E-state index in [1.54, 1.807) is 19.9 Å². The molecule has 1 aliphatic carbocycles. The average molecular weight is 636 g/mol. The summed E-state index contributed by atoms with van der Waals surface area (Å²) in [6.07, 6.45) is 1.56. The standard InChI is InChI=1S/C35H46NO6PSi/c1-8-40-43(38,41-9-2)23-22-27(24-26-18-20-28(21-19-26)42-44(6,7)35(3,4)5)36-34(37)39-25-33-31-16-12-10-14-29(31)30-15-11-13-17-32(30)33/h10-23,27,33H,8-9,24-25H2,1-7H3,(H,36,37)/b23-22+. The number of ether oxygens (including phenoxy) is 1. The molecule has 0 fully saturated rings. The molecule has 0 saturated carbocycles. The molecular weight excluding hydrogens is 589 g/mol. The summed E-state index contributed by atoms with van der Waals surface area (Å²) in [4.78, 5) is 13.2. The minimum Gasteiger partial charge on any atom is -0.544 e. The number of alkyl carbamates (subject to hydrolysis) is 1. The molecule has 7 nitrogen and oxygen atoms in total. The third-order valence-corrected chi connectivity index (χ3v) is 14.5. The summed E-state index contributed by atoms with van der Waals surface area (Å²) in [5.41, 5.74) is 5.60. The molecule has 1 atom stereocenters. The highest BCUT2D eigenvalue weighted by atomic mass is 31.2. The Kier molecular flexibility index (Phi) is 11.0. The minimum atomic E-state index is -3.46. The van der Waals surface area contributed by atoms with E-state index in [1.165, 1.54) is 16.9 Å². The summed E-state index contributed by atoms with van der Waals surface area (Å²) in [6.45, 7) is 15.3. The molecule has 0 spiro atoms. The lowest BCUT2D eigenvalue weighted by Gasteiger charge is -2.36. The van der Waals surface area contributed by atoms with Gasteiger partial charge in [0.05, 0.1) is 19.3 Å². The van der Waals surface area contributed by atoms with Gasteiger partial charge in [0.15, 0.2) is 0 Å². The Labute approximate surface area is 263 Å². The van der Waals surface area contributed by atoms with Gasteiger partial charge in [0.1, 0.15) is 12.4 Å². The van der Waals surface area contributed by atoms with E-state index in [2.05, 4.69) is 63.4 Å². The molecule has 1 aliphatic rings. The topological polar surface area (TPSA) is 83.1 Å². The molecule has 1 unspecified atom stereocenters. The van der Waals surface area contributed by atoms with Crippen LogP contribution in [0.4, 0.5) is 4.79 Å². The van der Waals surface area contributed by atoms with Gasteiger partial charge in [-0.15, -0.1) is 0 Å². The van der Waals surface area contributed by atoms with Gasteiger partial charge in [0.2, 0.25) is 8.32 Å². The first-order valence-corrected chi connectivity index (χ1v) is 19.9. The highest BCUT2D eigenvalue weighted by Gasteiger charge is 2.39. The van der Waals surface area contributed by atoms with Gasteiger partial charge in [-0.05, 0) is 78.4 Å². The lowest BCUT2D eigenvalue weighted by Crippen LogP contribution is -2.43. The van der Waals surface area contributed by atoms with Gasteiger partial charge in [-0.3, -0.25) is 4.57 Å². The summed E-state index contributed by atoms with van der Waals surface area (Å²) in [7, 11) is -5.44. The van der Waals surface area contributed by atoms with Crippen molar-refractivity contribution in [1.82, 2.24) is 5.32 Å². The van der Waals surface area contributed by atoms with Crippen molar-refractivity contribution in [2.24, 2.45) is 0 Å². The number of nitrogens with one attached hydrogen (secondary N) is 1. The predicted octanol–water partition coefficient (Wildman–Crippen LogP) is 9.30.